The molecule has 0 bridgehead atoms. The number of rotatable bonds is 4. The van der Waals surface area contributed by atoms with Gasteiger partial charge >= 0.3 is 0 Å². The number of halogens is 2. The molecule has 0 aromatic heterocycles. The molecule has 2 heteroatoms. The van der Waals surface area contributed by atoms with E-state index in [-0.39, 0.29) is 0 Å². The summed E-state index contributed by atoms with van der Waals surface area (Å²) < 4.78 is 25.5. The normalized spacial score (nSPS) is 10.4. The van der Waals surface area contributed by atoms with Crippen LogP contribution in [0.15, 0.2) is 18.2 Å². The summed E-state index contributed by atoms with van der Waals surface area (Å²) in [6.45, 7) is 2.04. The highest BCUT2D eigenvalue weighted by Gasteiger charge is 2.02. The quantitative estimate of drug-likeness (QED) is 0.626. The molecule has 0 aliphatic carbocycles. The van der Waals surface area contributed by atoms with Gasteiger partial charge in [0.15, 0.2) is 0 Å². The van der Waals surface area contributed by atoms with Gasteiger partial charge in [-0.05, 0) is 30.9 Å². The Labute approximate surface area is 77.6 Å². The third kappa shape index (κ3) is 3.13. The van der Waals surface area contributed by atoms with Gasteiger partial charge in [0.05, 0.1) is 0 Å². The van der Waals surface area contributed by atoms with E-state index < -0.39 is 11.6 Å². The van der Waals surface area contributed by atoms with Crippen molar-refractivity contribution in [2.45, 2.75) is 26.2 Å². The standard InChI is InChI=1S/C11H13F2/c1-2-3-4-5-9-6-7-10(12)8-11(9)13/h3,6-8H,2,4-5H2,1H3. The lowest BCUT2D eigenvalue weighted by molar-refractivity contribution is 0.571. The van der Waals surface area contributed by atoms with Crippen LogP contribution in [0.3, 0.4) is 0 Å². The highest BCUT2D eigenvalue weighted by atomic mass is 19.1. The van der Waals surface area contributed by atoms with Crippen molar-refractivity contribution in [2.24, 2.45) is 0 Å². The third-order valence-corrected chi connectivity index (χ3v) is 1.92. The molecule has 0 unspecified atom stereocenters. The zero-order chi connectivity index (χ0) is 9.68. The predicted octanol–water partition coefficient (Wildman–Crippen LogP) is 3.51. The van der Waals surface area contributed by atoms with Crippen LogP contribution in [0.1, 0.15) is 25.3 Å². The summed E-state index contributed by atoms with van der Waals surface area (Å²) in [6.07, 6.45) is 4.57. The lowest BCUT2D eigenvalue weighted by Gasteiger charge is -2.01. The molecule has 13 heavy (non-hydrogen) atoms. The fraction of sp³-hybridized carbons (Fsp3) is 0.364. The van der Waals surface area contributed by atoms with E-state index in [9.17, 15) is 8.78 Å². The van der Waals surface area contributed by atoms with Crippen LogP contribution in [0.4, 0.5) is 8.78 Å². The van der Waals surface area contributed by atoms with Gasteiger partial charge in [-0.15, -0.1) is 0 Å². The van der Waals surface area contributed by atoms with Crippen LogP contribution in [0.2, 0.25) is 0 Å². The highest BCUT2D eigenvalue weighted by Crippen LogP contribution is 2.12. The van der Waals surface area contributed by atoms with Crippen LogP contribution >= 0.6 is 0 Å². The minimum absolute atomic E-state index is 0.440. The largest absolute Gasteiger partial charge is 0.207 e. The molecule has 0 saturated heterocycles. The van der Waals surface area contributed by atoms with Crippen molar-refractivity contribution in [3.63, 3.8) is 0 Å². The smallest absolute Gasteiger partial charge is 0.129 e. The molecule has 0 heterocycles. The first-order chi connectivity index (χ1) is 6.24. The van der Waals surface area contributed by atoms with E-state index in [1.807, 2.05) is 6.92 Å². The van der Waals surface area contributed by atoms with Gasteiger partial charge in [-0.25, -0.2) is 8.78 Å². The maximum Gasteiger partial charge on any atom is 0.129 e. The van der Waals surface area contributed by atoms with Crippen molar-refractivity contribution in [1.82, 2.24) is 0 Å². The molecule has 0 atom stereocenters. The zero-order valence-corrected chi connectivity index (χ0v) is 7.69. The first kappa shape index (κ1) is 10.2. The minimum atomic E-state index is -0.513. The van der Waals surface area contributed by atoms with Crippen molar-refractivity contribution in [3.8, 4) is 0 Å². The van der Waals surface area contributed by atoms with Crippen LogP contribution in [0, 0.1) is 18.1 Å². The molecule has 0 N–H and O–H groups in total. The van der Waals surface area contributed by atoms with Crippen LogP contribution < -0.4 is 0 Å². The zero-order valence-electron chi connectivity index (χ0n) is 7.69. The summed E-state index contributed by atoms with van der Waals surface area (Å²) in [6, 6.07) is 3.74. The second-order valence-corrected chi connectivity index (χ2v) is 2.97. The maximum atomic E-state index is 13.0. The number of benzene rings is 1. The molecule has 0 aliphatic heterocycles. The molecule has 0 fully saturated rings. The number of hydrogen-bond donors (Lipinski definition) is 0. The van der Waals surface area contributed by atoms with E-state index in [1.54, 1.807) is 0 Å². The second kappa shape index (κ2) is 4.95. The molecule has 71 valence electrons. The van der Waals surface area contributed by atoms with Gasteiger partial charge in [0.2, 0.25) is 0 Å². The van der Waals surface area contributed by atoms with Crippen LogP contribution in [0.25, 0.3) is 0 Å². The summed E-state index contributed by atoms with van der Waals surface area (Å²) in [7, 11) is 0. The third-order valence-electron chi connectivity index (χ3n) is 1.92. The van der Waals surface area contributed by atoms with Gasteiger partial charge in [-0.2, -0.15) is 0 Å². The first-order valence-corrected chi connectivity index (χ1v) is 4.49. The van der Waals surface area contributed by atoms with E-state index in [1.165, 1.54) is 12.1 Å². The SMILES string of the molecule is CC[CH]CCc1ccc(F)cc1F. The van der Waals surface area contributed by atoms with Gasteiger partial charge in [0.25, 0.3) is 0 Å². The van der Waals surface area contributed by atoms with Gasteiger partial charge < -0.3 is 0 Å². The molecule has 0 saturated carbocycles. The van der Waals surface area contributed by atoms with Gasteiger partial charge in [-0.3, -0.25) is 0 Å². The molecule has 0 amide bonds. The monoisotopic (exact) mass is 183 g/mol. The van der Waals surface area contributed by atoms with E-state index in [0.29, 0.717) is 12.0 Å². The van der Waals surface area contributed by atoms with E-state index in [4.69, 9.17) is 0 Å². The molecule has 0 aliphatic rings. The van der Waals surface area contributed by atoms with E-state index in [2.05, 4.69) is 6.42 Å². The molecule has 1 aromatic carbocycles. The maximum absolute atomic E-state index is 13.0. The van der Waals surface area contributed by atoms with Gasteiger partial charge in [0.1, 0.15) is 11.6 Å². The molecule has 0 nitrogen and oxygen atoms in total. The second-order valence-electron chi connectivity index (χ2n) is 2.97. The number of unbranched alkanes of at least 4 members (excludes halogenated alkanes) is 2. The van der Waals surface area contributed by atoms with Crippen molar-refractivity contribution in [2.75, 3.05) is 0 Å². The summed E-state index contributed by atoms with van der Waals surface area (Å²) in [5.74, 6) is -0.953. The Kier molecular flexibility index (Phi) is 3.87. The Morgan fingerprint density at radius 1 is 1.31 bits per heavy atom. The van der Waals surface area contributed by atoms with Crippen LogP contribution in [-0.2, 0) is 6.42 Å². The van der Waals surface area contributed by atoms with E-state index in [0.717, 1.165) is 18.9 Å². The topological polar surface area (TPSA) is 0 Å². The van der Waals surface area contributed by atoms with Crippen molar-refractivity contribution in [1.29, 1.82) is 0 Å². The Morgan fingerprint density at radius 2 is 2.08 bits per heavy atom. The Hall–Kier alpha value is -0.920. The van der Waals surface area contributed by atoms with Crippen LogP contribution in [-0.4, -0.2) is 0 Å². The fourth-order valence-corrected chi connectivity index (χ4v) is 1.19. The predicted molar refractivity (Wildman–Crippen MR) is 49.3 cm³/mol. The highest BCUT2D eigenvalue weighted by molar-refractivity contribution is 5.18. The first-order valence-electron chi connectivity index (χ1n) is 4.49. The lowest BCUT2D eigenvalue weighted by Crippen LogP contribution is -1.92. The molecular formula is C11H13F2. The molecule has 1 rings (SSSR count). The molecular weight excluding hydrogens is 170 g/mol. The minimum Gasteiger partial charge on any atom is -0.207 e. The van der Waals surface area contributed by atoms with Gasteiger partial charge in [-0.1, -0.05) is 19.4 Å². The average molecular weight is 183 g/mol. The number of aryl methyl sites for hydroxylation is 1. The molecule has 1 aromatic rings. The Morgan fingerprint density at radius 3 is 2.69 bits per heavy atom. The molecule has 1 radical (unpaired) electrons. The average Bonchev–Trinajstić information content (AvgIpc) is 2.09. The summed E-state index contributed by atoms with van der Waals surface area (Å²) in [5, 5.41) is 0. The van der Waals surface area contributed by atoms with E-state index >= 15 is 0 Å². The number of hydrogen-bond acceptors (Lipinski definition) is 0. The lowest BCUT2D eigenvalue weighted by atomic mass is 10.1. The summed E-state index contributed by atoms with van der Waals surface area (Å²) in [5.41, 5.74) is 0.589. The molecule has 0 spiro atoms. The van der Waals surface area contributed by atoms with Crippen molar-refractivity contribution in [3.05, 3.63) is 41.8 Å². The summed E-state index contributed by atoms with van der Waals surface area (Å²) >= 11 is 0. The fourth-order valence-electron chi connectivity index (χ4n) is 1.19. The van der Waals surface area contributed by atoms with Crippen LogP contribution in [0.5, 0.6) is 0 Å². The van der Waals surface area contributed by atoms with Crippen molar-refractivity contribution >= 4 is 0 Å². The van der Waals surface area contributed by atoms with Crippen molar-refractivity contribution < 1.29 is 8.78 Å². The van der Waals surface area contributed by atoms with Gasteiger partial charge in [0, 0.05) is 6.07 Å². The summed E-state index contributed by atoms with van der Waals surface area (Å²) in [4.78, 5) is 0. The Bertz CT molecular complexity index is 269. The Balaban J connectivity index is 2.56.